The minimum Gasteiger partial charge on any atom is -0.351 e. The Balaban J connectivity index is 2.45. The zero-order chi connectivity index (χ0) is 14.5. The maximum atomic E-state index is 11.2. The molecule has 0 aromatic carbocycles. The van der Waals surface area contributed by atoms with Crippen molar-refractivity contribution >= 4 is 17.5 Å². The lowest BCUT2D eigenvalue weighted by molar-refractivity contribution is 0.254. The van der Waals surface area contributed by atoms with Crippen molar-refractivity contribution in [2.45, 2.75) is 0 Å². The fraction of sp³-hybridized carbons (Fsp3) is 0.167. The number of amides is 2. The summed E-state index contributed by atoms with van der Waals surface area (Å²) in [5.74, 6) is 0.793. The fourth-order valence-corrected chi connectivity index (χ4v) is 1.55. The van der Waals surface area contributed by atoms with Crippen molar-refractivity contribution in [3.05, 3.63) is 30.7 Å². The first-order valence-corrected chi connectivity index (χ1v) is 5.73. The largest absolute Gasteiger partial charge is 0.351 e. The number of nitrogens with two attached hydrogens (primary N) is 1. The van der Waals surface area contributed by atoms with E-state index in [0.29, 0.717) is 17.3 Å². The molecule has 8 heteroatoms. The molecule has 3 N–H and O–H groups in total. The van der Waals surface area contributed by atoms with E-state index in [1.165, 1.54) is 25.3 Å². The van der Waals surface area contributed by atoms with Gasteiger partial charge in [0.1, 0.15) is 5.69 Å². The maximum Gasteiger partial charge on any atom is 0.319 e. The smallest absolute Gasteiger partial charge is 0.319 e. The number of nitrogens with one attached hydrogen (secondary N) is 1. The summed E-state index contributed by atoms with van der Waals surface area (Å²) in [5.41, 5.74) is 9.00. The van der Waals surface area contributed by atoms with Gasteiger partial charge in [-0.3, -0.25) is 14.7 Å². The average Bonchev–Trinajstić information content (AvgIpc) is 2.47. The van der Waals surface area contributed by atoms with Crippen LogP contribution in [0.5, 0.6) is 0 Å². The van der Waals surface area contributed by atoms with E-state index < -0.39 is 6.03 Å². The third kappa shape index (κ3) is 2.81. The second-order valence-electron chi connectivity index (χ2n) is 3.87. The molecule has 0 spiro atoms. The number of rotatable bonds is 4. The van der Waals surface area contributed by atoms with Gasteiger partial charge < -0.3 is 5.73 Å². The van der Waals surface area contributed by atoms with E-state index in [-0.39, 0.29) is 0 Å². The van der Waals surface area contributed by atoms with E-state index in [4.69, 9.17) is 10.6 Å². The molecule has 0 radical (unpaired) electrons. The van der Waals surface area contributed by atoms with Crippen molar-refractivity contribution in [3.8, 4) is 11.4 Å². The van der Waals surface area contributed by atoms with Crippen molar-refractivity contribution in [1.82, 2.24) is 15.0 Å². The molecule has 0 unspecified atom stereocenters. The Labute approximate surface area is 115 Å². The molecule has 0 aliphatic carbocycles. The van der Waals surface area contributed by atoms with Gasteiger partial charge in [0.2, 0.25) is 0 Å². The molecule has 0 fully saturated rings. The van der Waals surface area contributed by atoms with Crippen LogP contribution in [0.3, 0.4) is 0 Å². The molecule has 2 amide bonds. The van der Waals surface area contributed by atoms with Crippen molar-refractivity contribution in [2.75, 3.05) is 24.5 Å². The first-order valence-electron chi connectivity index (χ1n) is 5.73. The monoisotopic (exact) mass is 274 g/mol. The van der Waals surface area contributed by atoms with Gasteiger partial charge in [-0.1, -0.05) is 0 Å². The highest BCUT2D eigenvalue weighted by atomic mass is 16.6. The summed E-state index contributed by atoms with van der Waals surface area (Å²) in [4.78, 5) is 29.8. The Kier molecular flexibility index (Phi) is 4.06. The van der Waals surface area contributed by atoms with Gasteiger partial charge in [-0.25, -0.2) is 20.2 Å². The summed E-state index contributed by atoms with van der Waals surface area (Å²) >= 11 is 0. The van der Waals surface area contributed by atoms with Crippen LogP contribution < -0.4 is 16.1 Å². The molecule has 2 aromatic heterocycles. The quantitative estimate of drug-likeness (QED) is 0.806. The predicted octanol–water partition coefficient (Wildman–Crippen LogP) is 1.03. The third-order valence-electron chi connectivity index (χ3n) is 2.58. The Morgan fingerprint density at radius 3 is 2.85 bits per heavy atom. The molecule has 8 nitrogen and oxygen atoms in total. The lowest BCUT2D eigenvalue weighted by Gasteiger charge is -2.17. The SMILES string of the molecule is CONc1nc(-c2cccnc2)ncc1N(C)C(N)=O. The van der Waals surface area contributed by atoms with E-state index in [1.54, 1.807) is 18.5 Å². The topological polar surface area (TPSA) is 106 Å². The molecule has 0 atom stereocenters. The van der Waals surface area contributed by atoms with Gasteiger partial charge in [0.05, 0.1) is 13.3 Å². The van der Waals surface area contributed by atoms with Crippen LogP contribution in [0.2, 0.25) is 0 Å². The zero-order valence-corrected chi connectivity index (χ0v) is 11.1. The Morgan fingerprint density at radius 1 is 1.45 bits per heavy atom. The van der Waals surface area contributed by atoms with Gasteiger partial charge in [0, 0.05) is 25.0 Å². The molecule has 2 heterocycles. The molecule has 0 bridgehead atoms. The van der Waals surface area contributed by atoms with Crippen LogP contribution in [0.25, 0.3) is 11.4 Å². The van der Waals surface area contributed by atoms with Crippen LogP contribution in [-0.4, -0.2) is 35.1 Å². The molecule has 0 aliphatic rings. The summed E-state index contributed by atoms with van der Waals surface area (Å²) in [6.07, 6.45) is 4.79. The number of urea groups is 1. The normalized spacial score (nSPS) is 10.1. The van der Waals surface area contributed by atoms with Crippen molar-refractivity contribution < 1.29 is 9.63 Å². The number of pyridine rings is 1. The molecular weight excluding hydrogens is 260 g/mol. The number of anilines is 2. The highest BCUT2D eigenvalue weighted by Gasteiger charge is 2.15. The van der Waals surface area contributed by atoms with Gasteiger partial charge in [0.15, 0.2) is 11.6 Å². The second-order valence-corrected chi connectivity index (χ2v) is 3.87. The third-order valence-corrected chi connectivity index (χ3v) is 2.58. The first kappa shape index (κ1) is 13.7. The summed E-state index contributed by atoms with van der Waals surface area (Å²) < 4.78 is 0. The van der Waals surface area contributed by atoms with Crippen molar-refractivity contribution in [2.24, 2.45) is 5.73 Å². The summed E-state index contributed by atoms with van der Waals surface area (Å²) in [5, 5.41) is 0. The van der Waals surface area contributed by atoms with E-state index in [1.807, 2.05) is 6.07 Å². The Morgan fingerprint density at radius 2 is 2.25 bits per heavy atom. The lowest BCUT2D eigenvalue weighted by Crippen LogP contribution is -2.32. The van der Waals surface area contributed by atoms with Crippen LogP contribution in [0.15, 0.2) is 30.7 Å². The molecule has 20 heavy (non-hydrogen) atoms. The van der Waals surface area contributed by atoms with Crippen LogP contribution in [0, 0.1) is 0 Å². The highest BCUT2D eigenvalue weighted by molar-refractivity contribution is 5.93. The fourth-order valence-electron chi connectivity index (χ4n) is 1.55. The summed E-state index contributed by atoms with van der Waals surface area (Å²) in [6, 6.07) is 2.99. The molecule has 2 rings (SSSR count). The van der Waals surface area contributed by atoms with Crippen LogP contribution in [-0.2, 0) is 4.84 Å². The first-order chi connectivity index (χ1) is 9.63. The number of hydrogen-bond acceptors (Lipinski definition) is 6. The Hall–Kier alpha value is -2.74. The van der Waals surface area contributed by atoms with Crippen LogP contribution in [0.4, 0.5) is 16.3 Å². The summed E-state index contributed by atoms with van der Waals surface area (Å²) in [7, 11) is 2.96. The van der Waals surface area contributed by atoms with Gasteiger partial charge in [-0.2, -0.15) is 0 Å². The van der Waals surface area contributed by atoms with E-state index >= 15 is 0 Å². The van der Waals surface area contributed by atoms with Gasteiger partial charge in [-0.15, -0.1) is 0 Å². The van der Waals surface area contributed by atoms with Crippen molar-refractivity contribution in [1.29, 1.82) is 0 Å². The Bertz CT molecular complexity index is 604. The predicted molar refractivity (Wildman–Crippen MR) is 73.9 cm³/mol. The summed E-state index contributed by atoms with van der Waals surface area (Å²) in [6.45, 7) is 0. The van der Waals surface area contributed by atoms with Gasteiger partial charge in [-0.05, 0) is 12.1 Å². The van der Waals surface area contributed by atoms with E-state index in [0.717, 1.165) is 5.56 Å². The van der Waals surface area contributed by atoms with Crippen LogP contribution >= 0.6 is 0 Å². The highest BCUT2D eigenvalue weighted by Crippen LogP contribution is 2.25. The molecule has 0 aliphatic heterocycles. The standard InChI is InChI=1S/C12H14N6O2/c1-18(12(13)19)9-7-15-10(16-11(9)17-20-2)8-4-3-5-14-6-8/h3-7H,1-2H3,(H2,13,19)(H,15,16,17). The van der Waals surface area contributed by atoms with Crippen LogP contribution in [0.1, 0.15) is 0 Å². The number of carbonyl (C=O) groups excluding carboxylic acids is 1. The zero-order valence-electron chi connectivity index (χ0n) is 11.1. The number of primary amides is 1. The molecule has 0 saturated carbocycles. The molecule has 104 valence electrons. The van der Waals surface area contributed by atoms with Gasteiger partial charge in [0.25, 0.3) is 0 Å². The molecular formula is C12H14N6O2. The minimum absolute atomic E-state index is 0.336. The number of hydrogen-bond donors (Lipinski definition) is 2. The van der Waals surface area contributed by atoms with E-state index in [2.05, 4.69) is 20.4 Å². The van der Waals surface area contributed by atoms with E-state index in [9.17, 15) is 4.79 Å². The average molecular weight is 274 g/mol. The minimum atomic E-state index is -0.623. The van der Waals surface area contributed by atoms with Gasteiger partial charge >= 0.3 is 6.03 Å². The number of nitrogens with zero attached hydrogens (tertiary/aromatic N) is 4. The molecule has 2 aromatic rings. The molecule has 0 saturated heterocycles. The number of carbonyl (C=O) groups is 1. The second kappa shape index (κ2) is 5.93. The lowest BCUT2D eigenvalue weighted by atomic mass is 10.2. The maximum absolute atomic E-state index is 11.2. The number of aromatic nitrogens is 3. The van der Waals surface area contributed by atoms with Crippen molar-refractivity contribution in [3.63, 3.8) is 0 Å².